The van der Waals surface area contributed by atoms with Crippen molar-refractivity contribution in [1.29, 1.82) is 0 Å². The van der Waals surface area contributed by atoms with Crippen molar-refractivity contribution < 1.29 is 43.1 Å². The minimum Gasteiger partial charge on any atom is -0.478 e. The number of ether oxygens (including phenoxy) is 6. The molecular formula is C44H56N2O9. The zero-order valence-electron chi connectivity index (χ0n) is 32.0. The van der Waals surface area contributed by atoms with E-state index in [1.807, 2.05) is 4.90 Å². The number of fused-ring (bicyclic) bond motifs is 1. The fraction of sp³-hybridized carbons (Fsp3) is 0.455. The summed E-state index contributed by atoms with van der Waals surface area (Å²) >= 11 is 0. The summed E-state index contributed by atoms with van der Waals surface area (Å²) in [7, 11) is 0. The summed E-state index contributed by atoms with van der Waals surface area (Å²) < 4.78 is 32.8. The molecule has 0 saturated carbocycles. The van der Waals surface area contributed by atoms with Gasteiger partial charge in [0.15, 0.2) is 0 Å². The number of likely N-dealkylation sites (tertiary alicyclic amines) is 1. The number of carbonyl (C=O) groups excluding carboxylic acids is 1. The number of piperidine rings is 1. The number of hydrogen-bond donors (Lipinski definition) is 2. The van der Waals surface area contributed by atoms with Gasteiger partial charge in [0.25, 0.3) is 0 Å². The summed E-state index contributed by atoms with van der Waals surface area (Å²) in [6, 6.07) is 26.6. The van der Waals surface area contributed by atoms with E-state index in [2.05, 4.69) is 73.7 Å². The Bertz CT molecular complexity index is 1760. The minimum absolute atomic E-state index is 0.115. The normalized spacial score (nSPS) is 13.5. The van der Waals surface area contributed by atoms with Gasteiger partial charge in [0.1, 0.15) is 0 Å². The molecule has 1 amide bonds. The monoisotopic (exact) mass is 756 g/mol. The number of amides is 1. The molecule has 1 heterocycles. The molecule has 55 heavy (non-hydrogen) atoms. The average Bonchev–Trinajstić information content (AvgIpc) is 3.21. The van der Waals surface area contributed by atoms with Gasteiger partial charge in [0.05, 0.1) is 91.3 Å². The first kappa shape index (κ1) is 42.0. The quantitative estimate of drug-likeness (QED) is 0.0780. The summed E-state index contributed by atoms with van der Waals surface area (Å²) in [5.41, 5.74) is 12.1. The fourth-order valence-electron chi connectivity index (χ4n) is 6.66. The Kier molecular flexibility index (Phi) is 17.5. The molecule has 296 valence electrons. The number of carbonyl (C=O) groups is 2. The van der Waals surface area contributed by atoms with Crippen LogP contribution < -0.4 is 5.73 Å². The number of carboxylic acid groups (broad SMARTS) is 1. The van der Waals surface area contributed by atoms with E-state index in [4.69, 9.17) is 34.2 Å². The molecule has 0 aromatic heterocycles. The predicted molar refractivity (Wildman–Crippen MR) is 214 cm³/mol. The number of aryl methyl sites for hydroxylation is 1. The van der Waals surface area contributed by atoms with Gasteiger partial charge in [0, 0.05) is 19.6 Å². The smallest absolute Gasteiger partial charge is 0.335 e. The highest BCUT2D eigenvalue weighted by molar-refractivity contribution is 6.04. The maximum atomic E-state index is 12.9. The third-order valence-electron chi connectivity index (χ3n) is 9.71. The van der Waals surface area contributed by atoms with Crippen molar-refractivity contribution in [3.63, 3.8) is 0 Å². The van der Waals surface area contributed by atoms with E-state index in [1.165, 1.54) is 11.1 Å². The van der Waals surface area contributed by atoms with Gasteiger partial charge in [-0.05, 0) is 82.5 Å². The van der Waals surface area contributed by atoms with Crippen molar-refractivity contribution in [2.75, 3.05) is 98.9 Å². The van der Waals surface area contributed by atoms with Crippen molar-refractivity contribution in [2.45, 2.75) is 32.1 Å². The van der Waals surface area contributed by atoms with Crippen LogP contribution in [0.1, 0.15) is 46.7 Å². The van der Waals surface area contributed by atoms with E-state index < -0.39 is 5.97 Å². The largest absolute Gasteiger partial charge is 0.478 e. The Morgan fingerprint density at radius 1 is 0.636 bits per heavy atom. The van der Waals surface area contributed by atoms with Gasteiger partial charge >= 0.3 is 5.97 Å². The maximum absolute atomic E-state index is 12.9. The Balaban J connectivity index is 0.962. The summed E-state index contributed by atoms with van der Waals surface area (Å²) in [6.45, 7) is 9.81. The number of carboxylic acids is 1. The van der Waals surface area contributed by atoms with Crippen molar-refractivity contribution in [2.24, 2.45) is 5.73 Å². The molecule has 11 heteroatoms. The second kappa shape index (κ2) is 23.0. The van der Waals surface area contributed by atoms with E-state index in [9.17, 15) is 14.7 Å². The predicted octanol–water partition coefficient (Wildman–Crippen LogP) is 6.33. The molecule has 0 atom stereocenters. The lowest BCUT2D eigenvalue weighted by molar-refractivity contribution is -0.133. The minimum atomic E-state index is -0.946. The molecule has 4 aromatic carbocycles. The van der Waals surface area contributed by atoms with Gasteiger partial charge < -0.3 is 44.2 Å². The van der Waals surface area contributed by atoms with Gasteiger partial charge in [-0.3, -0.25) is 4.79 Å². The van der Waals surface area contributed by atoms with Crippen LogP contribution in [0.25, 0.3) is 33.0 Å². The molecule has 1 fully saturated rings. The molecule has 11 nitrogen and oxygen atoms in total. The molecule has 4 aromatic rings. The van der Waals surface area contributed by atoms with Crippen LogP contribution in [0.15, 0.2) is 78.9 Å². The van der Waals surface area contributed by atoms with Crippen LogP contribution in [-0.2, 0) is 33.2 Å². The number of benzene rings is 4. The van der Waals surface area contributed by atoms with Crippen LogP contribution in [-0.4, -0.2) is 121 Å². The molecule has 0 spiro atoms. The van der Waals surface area contributed by atoms with Crippen LogP contribution in [0.3, 0.4) is 0 Å². The zero-order chi connectivity index (χ0) is 38.7. The molecule has 0 radical (unpaired) electrons. The third kappa shape index (κ3) is 13.5. The highest BCUT2D eigenvalue weighted by Gasteiger charge is 2.24. The molecule has 3 N–H and O–H groups in total. The van der Waals surface area contributed by atoms with Crippen molar-refractivity contribution >= 4 is 22.6 Å². The van der Waals surface area contributed by atoms with Crippen molar-refractivity contribution in [3.8, 4) is 22.3 Å². The lowest BCUT2D eigenvalue weighted by Gasteiger charge is -2.32. The average molecular weight is 757 g/mol. The first-order valence-electron chi connectivity index (χ1n) is 19.4. The van der Waals surface area contributed by atoms with E-state index in [-0.39, 0.29) is 11.5 Å². The molecule has 1 aliphatic heterocycles. The molecule has 1 saturated heterocycles. The fourth-order valence-corrected chi connectivity index (χ4v) is 6.66. The molecule has 5 rings (SSSR count). The number of nitrogens with two attached hydrogens (primary N) is 1. The summed E-state index contributed by atoms with van der Waals surface area (Å²) in [5, 5.41) is 11.8. The number of hydrogen-bond acceptors (Lipinski definition) is 9. The standard InChI is InChI=1S/C44H56N2O9/c1-33-2-4-35(5-3-33)38-10-11-41-39(30-38)31-40(44(48)49)32-42(41)37-8-6-34(7-9-37)36-12-16-46(17-13-36)43(47)14-18-50-20-22-52-24-26-54-28-29-55-27-25-53-23-21-51-19-15-45/h2-11,30-32,36H,12-29,45H2,1H3,(H,48,49). The second-order valence-electron chi connectivity index (χ2n) is 13.6. The van der Waals surface area contributed by atoms with Crippen molar-refractivity contribution in [3.05, 3.63) is 95.6 Å². The maximum Gasteiger partial charge on any atom is 0.335 e. The van der Waals surface area contributed by atoms with Crippen LogP contribution in [0.2, 0.25) is 0 Å². The highest BCUT2D eigenvalue weighted by Crippen LogP contribution is 2.35. The molecule has 0 unspecified atom stereocenters. The van der Waals surface area contributed by atoms with Crippen LogP contribution in [0.4, 0.5) is 0 Å². The second-order valence-corrected chi connectivity index (χ2v) is 13.6. The molecule has 1 aliphatic rings. The molecule has 0 aliphatic carbocycles. The summed E-state index contributed by atoms with van der Waals surface area (Å²) in [4.78, 5) is 26.9. The number of nitrogens with zero attached hydrogens (tertiary/aromatic N) is 1. The first-order valence-corrected chi connectivity index (χ1v) is 19.4. The Hall–Kier alpha value is -4.20. The SMILES string of the molecule is Cc1ccc(-c2ccc3c(-c4ccc(C5CCN(C(=O)CCOCCOCCOCCOCCOCCOCCN)CC5)cc4)cc(C(=O)O)cc3c2)cc1. The van der Waals surface area contributed by atoms with E-state index >= 15 is 0 Å². The Morgan fingerprint density at radius 2 is 1.15 bits per heavy atom. The van der Waals surface area contributed by atoms with Crippen LogP contribution in [0, 0.1) is 6.92 Å². The van der Waals surface area contributed by atoms with Gasteiger partial charge in [-0.2, -0.15) is 0 Å². The Labute approximate surface area is 324 Å². The van der Waals surface area contributed by atoms with Crippen molar-refractivity contribution in [1.82, 2.24) is 4.90 Å². The number of aromatic carboxylic acids is 1. The van der Waals surface area contributed by atoms with Crippen LogP contribution in [0.5, 0.6) is 0 Å². The summed E-state index contributed by atoms with van der Waals surface area (Å²) in [6.07, 6.45) is 2.15. The summed E-state index contributed by atoms with van der Waals surface area (Å²) in [5.74, 6) is -0.471. The van der Waals surface area contributed by atoms with Gasteiger partial charge in [0.2, 0.25) is 5.91 Å². The molecular weight excluding hydrogens is 700 g/mol. The van der Waals surface area contributed by atoms with E-state index in [0.29, 0.717) is 111 Å². The topological polar surface area (TPSA) is 139 Å². The van der Waals surface area contributed by atoms with Gasteiger partial charge in [-0.1, -0.05) is 66.2 Å². The number of rotatable bonds is 24. The Morgan fingerprint density at radius 3 is 1.69 bits per heavy atom. The van der Waals surface area contributed by atoms with Crippen LogP contribution >= 0.6 is 0 Å². The van der Waals surface area contributed by atoms with Gasteiger partial charge in [-0.15, -0.1) is 0 Å². The molecule has 0 bridgehead atoms. The lowest BCUT2D eigenvalue weighted by atomic mass is 9.87. The van der Waals surface area contributed by atoms with E-state index in [1.54, 1.807) is 12.1 Å². The first-order chi connectivity index (χ1) is 26.9. The lowest BCUT2D eigenvalue weighted by Crippen LogP contribution is -2.38. The zero-order valence-corrected chi connectivity index (χ0v) is 32.0. The van der Waals surface area contributed by atoms with Gasteiger partial charge in [-0.25, -0.2) is 4.79 Å². The highest BCUT2D eigenvalue weighted by atomic mass is 16.6. The van der Waals surface area contributed by atoms with E-state index in [0.717, 1.165) is 45.9 Å². The third-order valence-corrected chi connectivity index (χ3v) is 9.71.